The third-order valence-electron chi connectivity index (χ3n) is 3.40. The van der Waals surface area contributed by atoms with E-state index in [0.29, 0.717) is 13.0 Å². The van der Waals surface area contributed by atoms with Crippen LogP contribution in [0.15, 0.2) is 24.3 Å². The molecule has 0 radical (unpaired) electrons. The van der Waals surface area contributed by atoms with Crippen LogP contribution >= 0.6 is 11.6 Å². The first-order chi connectivity index (χ1) is 9.72. The lowest BCUT2D eigenvalue weighted by Gasteiger charge is -2.11. The predicted molar refractivity (Wildman–Crippen MR) is 80.4 cm³/mol. The van der Waals surface area contributed by atoms with Crippen LogP contribution in [0.4, 0.5) is 0 Å². The van der Waals surface area contributed by atoms with Crippen molar-refractivity contribution in [3.05, 3.63) is 34.9 Å². The molecule has 2 rings (SSSR count). The van der Waals surface area contributed by atoms with Gasteiger partial charge in [0, 0.05) is 17.6 Å². The second-order valence-corrected chi connectivity index (χ2v) is 5.31. The Bertz CT molecular complexity index is 455. The summed E-state index contributed by atoms with van der Waals surface area (Å²) in [6.07, 6.45) is 1.62. The van der Waals surface area contributed by atoms with Crippen molar-refractivity contribution >= 4 is 17.5 Å². The predicted octanol–water partition coefficient (Wildman–Crippen LogP) is 0.973. The highest BCUT2D eigenvalue weighted by molar-refractivity contribution is 6.31. The maximum atomic E-state index is 12.0. The third kappa shape index (κ3) is 3.93. The molecule has 1 aromatic carbocycles. The van der Waals surface area contributed by atoms with Crippen molar-refractivity contribution in [2.45, 2.75) is 24.9 Å². The molecule has 0 saturated carbocycles. The Morgan fingerprint density at radius 2 is 2.15 bits per heavy atom. The number of amides is 1. The van der Waals surface area contributed by atoms with Crippen LogP contribution in [0.3, 0.4) is 0 Å². The van der Waals surface area contributed by atoms with Crippen LogP contribution in [0.2, 0.25) is 5.02 Å². The van der Waals surface area contributed by atoms with Gasteiger partial charge in [-0.15, -0.1) is 0 Å². The number of rotatable bonds is 6. The molecule has 20 heavy (non-hydrogen) atoms. The summed E-state index contributed by atoms with van der Waals surface area (Å²) >= 11 is 6.17. The first kappa shape index (κ1) is 15.3. The van der Waals surface area contributed by atoms with Gasteiger partial charge in [0.15, 0.2) is 0 Å². The first-order valence-electron chi connectivity index (χ1n) is 6.90. The van der Waals surface area contributed by atoms with Gasteiger partial charge in [-0.05, 0) is 38.1 Å². The van der Waals surface area contributed by atoms with E-state index in [1.165, 1.54) is 0 Å². The smallest absolute Gasteiger partial charge is 0.238 e. The molecule has 4 N–H and O–H groups in total. The molecule has 1 saturated heterocycles. The van der Waals surface area contributed by atoms with Gasteiger partial charge in [0.1, 0.15) is 6.04 Å². The van der Waals surface area contributed by atoms with Crippen molar-refractivity contribution < 1.29 is 4.79 Å². The van der Waals surface area contributed by atoms with E-state index in [4.69, 9.17) is 11.6 Å². The minimum atomic E-state index is -0.217. The van der Waals surface area contributed by atoms with Crippen molar-refractivity contribution in [2.24, 2.45) is 0 Å². The Hall–Kier alpha value is -1.14. The summed E-state index contributed by atoms with van der Waals surface area (Å²) in [5, 5.41) is 6.71. The van der Waals surface area contributed by atoms with E-state index in [1.807, 2.05) is 31.3 Å². The van der Waals surface area contributed by atoms with E-state index in [2.05, 4.69) is 21.5 Å². The van der Waals surface area contributed by atoms with Gasteiger partial charge < -0.3 is 10.6 Å². The minimum absolute atomic E-state index is 0.0307. The Labute approximate surface area is 124 Å². The summed E-state index contributed by atoms with van der Waals surface area (Å²) in [7, 11) is 1.90. The van der Waals surface area contributed by atoms with Crippen molar-refractivity contribution in [3.8, 4) is 0 Å². The standard InChI is InChI=1S/C14H21ClN4O/c1-16-7-4-8-17-14(20)13-9-12(18-19-13)10-5-2-3-6-11(10)15/h2-3,5-6,12-13,16,18-19H,4,7-9H2,1H3,(H,17,20). The molecule has 0 aromatic heterocycles. The van der Waals surface area contributed by atoms with Crippen molar-refractivity contribution in [3.63, 3.8) is 0 Å². The summed E-state index contributed by atoms with van der Waals surface area (Å²) < 4.78 is 0. The Morgan fingerprint density at radius 1 is 1.35 bits per heavy atom. The fraction of sp³-hybridized carbons (Fsp3) is 0.500. The number of nitrogens with one attached hydrogen (secondary N) is 4. The lowest BCUT2D eigenvalue weighted by Crippen LogP contribution is -2.43. The largest absolute Gasteiger partial charge is 0.355 e. The Morgan fingerprint density at radius 3 is 2.90 bits per heavy atom. The topological polar surface area (TPSA) is 65.2 Å². The second-order valence-electron chi connectivity index (χ2n) is 4.90. The summed E-state index contributed by atoms with van der Waals surface area (Å²) in [5.41, 5.74) is 7.20. The molecule has 5 nitrogen and oxygen atoms in total. The number of hydrazine groups is 1. The van der Waals surface area contributed by atoms with Crippen LogP contribution in [0.25, 0.3) is 0 Å². The molecule has 1 aliphatic heterocycles. The molecule has 1 amide bonds. The SMILES string of the molecule is CNCCCNC(=O)C1CC(c2ccccc2Cl)NN1. The van der Waals surface area contributed by atoms with E-state index >= 15 is 0 Å². The molecule has 0 spiro atoms. The van der Waals surface area contributed by atoms with E-state index in [-0.39, 0.29) is 18.0 Å². The van der Waals surface area contributed by atoms with Crippen molar-refractivity contribution in [1.29, 1.82) is 0 Å². The molecule has 1 fully saturated rings. The monoisotopic (exact) mass is 296 g/mol. The molecule has 1 heterocycles. The van der Waals surface area contributed by atoms with Crippen LogP contribution in [-0.4, -0.2) is 32.1 Å². The zero-order valence-corrected chi connectivity index (χ0v) is 12.3. The molecule has 0 aliphatic carbocycles. The number of carbonyl (C=O) groups excluding carboxylic acids is 1. The van der Waals surface area contributed by atoms with Gasteiger partial charge in [-0.3, -0.25) is 4.79 Å². The van der Waals surface area contributed by atoms with Crippen LogP contribution in [-0.2, 0) is 4.79 Å². The molecule has 1 aromatic rings. The quantitative estimate of drug-likeness (QED) is 0.591. The average molecular weight is 297 g/mol. The van der Waals surface area contributed by atoms with Crippen molar-refractivity contribution in [2.75, 3.05) is 20.1 Å². The number of carbonyl (C=O) groups is 1. The number of benzene rings is 1. The Kier molecular flexibility index (Phi) is 5.79. The average Bonchev–Trinajstić information content (AvgIpc) is 2.93. The summed E-state index contributed by atoms with van der Waals surface area (Å²) in [6, 6.07) is 7.55. The molecule has 2 atom stereocenters. The van der Waals surface area contributed by atoms with Crippen LogP contribution in [0.5, 0.6) is 0 Å². The van der Waals surface area contributed by atoms with Gasteiger partial charge in [0.05, 0.1) is 0 Å². The molecular formula is C14H21ClN4O. The first-order valence-corrected chi connectivity index (χ1v) is 7.28. The fourth-order valence-electron chi connectivity index (χ4n) is 2.29. The van der Waals surface area contributed by atoms with Crippen LogP contribution in [0, 0.1) is 0 Å². The molecule has 1 aliphatic rings. The second kappa shape index (κ2) is 7.59. The highest BCUT2D eigenvalue weighted by atomic mass is 35.5. The van der Waals surface area contributed by atoms with Gasteiger partial charge in [-0.1, -0.05) is 29.8 Å². The van der Waals surface area contributed by atoms with E-state index in [0.717, 1.165) is 23.6 Å². The van der Waals surface area contributed by atoms with Crippen molar-refractivity contribution in [1.82, 2.24) is 21.5 Å². The van der Waals surface area contributed by atoms with Crippen LogP contribution in [0.1, 0.15) is 24.4 Å². The van der Waals surface area contributed by atoms with E-state index < -0.39 is 0 Å². The maximum Gasteiger partial charge on any atom is 0.238 e. The van der Waals surface area contributed by atoms with Gasteiger partial charge >= 0.3 is 0 Å². The van der Waals surface area contributed by atoms with Crippen LogP contribution < -0.4 is 21.5 Å². The normalized spacial score (nSPS) is 21.9. The summed E-state index contributed by atoms with van der Waals surface area (Å²) in [5.74, 6) is 0.0307. The summed E-state index contributed by atoms with van der Waals surface area (Å²) in [6.45, 7) is 1.59. The third-order valence-corrected chi connectivity index (χ3v) is 3.75. The van der Waals surface area contributed by atoms with Gasteiger partial charge in [-0.25, -0.2) is 10.9 Å². The highest BCUT2D eigenvalue weighted by Crippen LogP contribution is 2.28. The molecular weight excluding hydrogens is 276 g/mol. The Balaban J connectivity index is 1.83. The number of halogens is 1. The lowest BCUT2D eigenvalue weighted by molar-refractivity contribution is -0.122. The molecule has 110 valence electrons. The van der Waals surface area contributed by atoms with Gasteiger partial charge in [-0.2, -0.15) is 0 Å². The molecule has 2 unspecified atom stereocenters. The highest BCUT2D eigenvalue weighted by Gasteiger charge is 2.30. The van der Waals surface area contributed by atoms with Gasteiger partial charge in [0.2, 0.25) is 5.91 Å². The fourth-order valence-corrected chi connectivity index (χ4v) is 2.56. The molecule has 0 bridgehead atoms. The zero-order chi connectivity index (χ0) is 14.4. The van der Waals surface area contributed by atoms with E-state index in [1.54, 1.807) is 0 Å². The lowest BCUT2D eigenvalue weighted by atomic mass is 10.0. The zero-order valence-electron chi connectivity index (χ0n) is 11.6. The maximum absolute atomic E-state index is 12.0. The van der Waals surface area contributed by atoms with Gasteiger partial charge in [0.25, 0.3) is 0 Å². The van der Waals surface area contributed by atoms with E-state index in [9.17, 15) is 4.79 Å². The number of hydrogen-bond donors (Lipinski definition) is 4. The minimum Gasteiger partial charge on any atom is -0.355 e. The molecule has 6 heteroatoms. The number of hydrogen-bond acceptors (Lipinski definition) is 4. The summed E-state index contributed by atoms with van der Waals surface area (Å²) in [4.78, 5) is 12.0.